The van der Waals surface area contributed by atoms with Crippen molar-refractivity contribution in [3.63, 3.8) is 0 Å². The van der Waals surface area contributed by atoms with Crippen molar-refractivity contribution in [1.82, 2.24) is 5.32 Å². The maximum absolute atomic E-state index is 14.2. The summed E-state index contributed by atoms with van der Waals surface area (Å²) in [6, 6.07) is 12.9. The fourth-order valence-electron chi connectivity index (χ4n) is 2.29. The minimum Gasteiger partial charge on any atom is -0.310 e. The zero-order chi connectivity index (χ0) is 15.2. The number of hydrogen-bond donors (Lipinski definition) is 1. The summed E-state index contributed by atoms with van der Waals surface area (Å²) in [4.78, 5) is 0. The van der Waals surface area contributed by atoms with Crippen LogP contribution in [0.4, 0.5) is 4.39 Å². The van der Waals surface area contributed by atoms with Gasteiger partial charge in [0.25, 0.3) is 0 Å². The van der Waals surface area contributed by atoms with E-state index in [4.69, 9.17) is 11.6 Å². The smallest absolute Gasteiger partial charge is 0.129 e. The molecule has 0 amide bonds. The van der Waals surface area contributed by atoms with Gasteiger partial charge in [0.15, 0.2) is 0 Å². The van der Waals surface area contributed by atoms with Crippen LogP contribution in [-0.2, 0) is 6.42 Å². The molecule has 4 heteroatoms. The van der Waals surface area contributed by atoms with E-state index in [1.807, 2.05) is 36.4 Å². The lowest BCUT2D eigenvalue weighted by Crippen LogP contribution is -2.25. The molecule has 112 valence electrons. The third-order valence-corrected chi connectivity index (χ3v) is 4.04. The van der Waals surface area contributed by atoms with Crippen LogP contribution in [0.5, 0.6) is 0 Å². The Bertz CT molecular complexity index is 603. The Hall–Kier alpha value is -0.900. The van der Waals surface area contributed by atoms with E-state index in [0.717, 1.165) is 23.0 Å². The maximum Gasteiger partial charge on any atom is 0.129 e. The summed E-state index contributed by atoms with van der Waals surface area (Å²) in [5.41, 5.74) is 1.78. The topological polar surface area (TPSA) is 12.0 Å². The van der Waals surface area contributed by atoms with Crippen molar-refractivity contribution < 1.29 is 4.39 Å². The van der Waals surface area contributed by atoms with Crippen LogP contribution in [0.1, 0.15) is 30.5 Å². The quantitative estimate of drug-likeness (QED) is 0.705. The summed E-state index contributed by atoms with van der Waals surface area (Å²) in [5.74, 6) is -0.194. The summed E-state index contributed by atoms with van der Waals surface area (Å²) in [6.07, 6.45) is 1.71. The van der Waals surface area contributed by atoms with Gasteiger partial charge in [-0.1, -0.05) is 52.7 Å². The molecule has 21 heavy (non-hydrogen) atoms. The molecule has 0 aliphatic heterocycles. The standard InChI is InChI=1S/C17H18BrClFN/c1-2-8-21-17(10-12-4-3-5-14(19)9-12)15-7-6-13(18)11-16(15)20/h3-7,9,11,17,21H,2,8,10H2,1H3. The molecule has 2 aromatic rings. The molecule has 1 nitrogen and oxygen atoms in total. The van der Waals surface area contributed by atoms with Crippen LogP contribution < -0.4 is 5.32 Å². The first-order valence-corrected chi connectivity index (χ1v) is 8.20. The van der Waals surface area contributed by atoms with Gasteiger partial charge in [0.2, 0.25) is 0 Å². The van der Waals surface area contributed by atoms with E-state index in [0.29, 0.717) is 17.0 Å². The Morgan fingerprint density at radius 1 is 1.24 bits per heavy atom. The van der Waals surface area contributed by atoms with Crippen molar-refractivity contribution in [2.45, 2.75) is 25.8 Å². The fraction of sp³-hybridized carbons (Fsp3) is 0.294. The summed E-state index contributed by atoms with van der Waals surface area (Å²) in [5, 5.41) is 4.12. The Balaban J connectivity index is 2.25. The highest BCUT2D eigenvalue weighted by Gasteiger charge is 2.16. The van der Waals surface area contributed by atoms with Gasteiger partial charge in [-0.25, -0.2) is 4.39 Å². The summed E-state index contributed by atoms with van der Waals surface area (Å²) in [7, 11) is 0. The van der Waals surface area contributed by atoms with Gasteiger partial charge in [-0.15, -0.1) is 0 Å². The minimum atomic E-state index is -0.194. The van der Waals surface area contributed by atoms with Crippen LogP contribution in [0.15, 0.2) is 46.9 Å². The average molecular weight is 371 g/mol. The number of benzene rings is 2. The molecule has 1 unspecified atom stereocenters. The second-order valence-electron chi connectivity index (χ2n) is 5.01. The normalized spacial score (nSPS) is 12.4. The summed E-state index contributed by atoms with van der Waals surface area (Å²) >= 11 is 9.33. The molecule has 0 radical (unpaired) electrons. The number of halogens is 3. The van der Waals surface area contributed by atoms with Crippen LogP contribution in [0.2, 0.25) is 5.02 Å². The molecule has 1 N–H and O–H groups in total. The monoisotopic (exact) mass is 369 g/mol. The Kier molecular flexibility index (Phi) is 6.22. The van der Waals surface area contributed by atoms with Crippen molar-refractivity contribution in [2.24, 2.45) is 0 Å². The van der Waals surface area contributed by atoms with Crippen LogP contribution in [0, 0.1) is 5.82 Å². The molecule has 0 saturated carbocycles. The number of hydrogen-bond acceptors (Lipinski definition) is 1. The molecule has 2 rings (SSSR count). The molecular weight excluding hydrogens is 353 g/mol. The van der Waals surface area contributed by atoms with E-state index in [1.165, 1.54) is 6.07 Å². The fourth-order valence-corrected chi connectivity index (χ4v) is 2.84. The van der Waals surface area contributed by atoms with Crippen LogP contribution in [-0.4, -0.2) is 6.54 Å². The van der Waals surface area contributed by atoms with Crippen LogP contribution >= 0.6 is 27.5 Å². The SMILES string of the molecule is CCCNC(Cc1cccc(Cl)c1)c1ccc(Br)cc1F. The summed E-state index contributed by atoms with van der Waals surface area (Å²) in [6.45, 7) is 2.95. The molecule has 0 aliphatic rings. The molecular formula is C17H18BrClFN. The summed E-state index contributed by atoms with van der Waals surface area (Å²) < 4.78 is 15.0. The molecule has 0 saturated heterocycles. The van der Waals surface area contributed by atoms with Gasteiger partial charge in [-0.3, -0.25) is 0 Å². The zero-order valence-electron chi connectivity index (χ0n) is 11.9. The second-order valence-corrected chi connectivity index (χ2v) is 6.36. The lowest BCUT2D eigenvalue weighted by Gasteiger charge is -2.20. The van der Waals surface area contributed by atoms with Crippen LogP contribution in [0.3, 0.4) is 0 Å². The van der Waals surface area contributed by atoms with Gasteiger partial charge >= 0.3 is 0 Å². The first-order valence-electron chi connectivity index (χ1n) is 7.03. The van der Waals surface area contributed by atoms with Crippen LogP contribution in [0.25, 0.3) is 0 Å². The molecule has 2 aromatic carbocycles. The number of rotatable bonds is 6. The van der Waals surface area contributed by atoms with Gasteiger partial charge in [-0.05, 0) is 49.2 Å². The van der Waals surface area contributed by atoms with E-state index < -0.39 is 0 Å². The highest BCUT2D eigenvalue weighted by molar-refractivity contribution is 9.10. The average Bonchev–Trinajstić information content (AvgIpc) is 2.44. The van der Waals surface area contributed by atoms with E-state index >= 15 is 0 Å². The Morgan fingerprint density at radius 2 is 2.05 bits per heavy atom. The second kappa shape index (κ2) is 7.92. The third-order valence-electron chi connectivity index (χ3n) is 3.31. The van der Waals surface area contributed by atoms with E-state index in [-0.39, 0.29) is 11.9 Å². The van der Waals surface area contributed by atoms with Crippen molar-refractivity contribution in [1.29, 1.82) is 0 Å². The van der Waals surface area contributed by atoms with Crippen molar-refractivity contribution in [3.05, 3.63) is 68.9 Å². The first-order chi connectivity index (χ1) is 10.1. The molecule has 0 bridgehead atoms. The van der Waals surface area contributed by atoms with E-state index in [2.05, 4.69) is 28.2 Å². The van der Waals surface area contributed by atoms with Gasteiger partial charge in [0.05, 0.1) is 0 Å². The molecule has 0 fully saturated rings. The van der Waals surface area contributed by atoms with E-state index in [1.54, 1.807) is 0 Å². The zero-order valence-corrected chi connectivity index (χ0v) is 14.2. The van der Waals surface area contributed by atoms with Gasteiger partial charge < -0.3 is 5.32 Å². The van der Waals surface area contributed by atoms with Gasteiger partial charge in [-0.2, -0.15) is 0 Å². The Labute approximate surface area is 138 Å². The predicted molar refractivity (Wildman–Crippen MR) is 90.3 cm³/mol. The maximum atomic E-state index is 14.2. The predicted octanol–water partition coefficient (Wildman–Crippen LogP) is 5.53. The molecule has 0 aromatic heterocycles. The largest absolute Gasteiger partial charge is 0.310 e. The van der Waals surface area contributed by atoms with E-state index in [9.17, 15) is 4.39 Å². The van der Waals surface area contributed by atoms with Crippen molar-refractivity contribution >= 4 is 27.5 Å². The molecule has 0 aliphatic carbocycles. The first kappa shape index (κ1) is 16.5. The number of nitrogens with one attached hydrogen (secondary N) is 1. The lowest BCUT2D eigenvalue weighted by molar-refractivity contribution is 0.497. The minimum absolute atomic E-state index is 0.0588. The third kappa shape index (κ3) is 4.80. The molecule has 1 atom stereocenters. The highest BCUT2D eigenvalue weighted by atomic mass is 79.9. The van der Waals surface area contributed by atoms with Gasteiger partial charge in [0.1, 0.15) is 5.82 Å². The molecule has 0 heterocycles. The lowest BCUT2D eigenvalue weighted by atomic mass is 9.98. The highest BCUT2D eigenvalue weighted by Crippen LogP contribution is 2.25. The van der Waals surface area contributed by atoms with Crippen molar-refractivity contribution in [2.75, 3.05) is 6.54 Å². The Morgan fingerprint density at radius 3 is 2.71 bits per heavy atom. The van der Waals surface area contributed by atoms with Crippen molar-refractivity contribution in [3.8, 4) is 0 Å². The van der Waals surface area contributed by atoms with Gasteiger partial charge in [0, 0.05) is 21.1 Å². The molecule has 0 spiro atoms.